The maximum atomic E-state index is 11.3. The van der Waals surface area contributed by atoms with E-state index in [9.17, 15) is 4.79 Å². The van der Waals surface area contributed by atoms with Gasteiger partial charge in [-0.3, -0.25) is 4.68 Å². The van der Waals surface area contributed by atoms with Crippen LogP contribution in [0.15, 0.2) is 6.07 Å². The smallest absolute Gasteiger partial charge is 0.358 e. The third-order valence-electron chi connectivity index (χ3n) is 2.92. The molecule has 1 heterocycles. The second-order valence-electron chi connectivity index (χ2n) is 3.91. The monoisotopic (exact) mass is 209 g/mol. The van der Waals surface area contributed by atoms with Gasteiger partial charge in [-0.15, -0.1) is 0 Å². The lowest BCUT2D eigenvalue weighted by Crippen LogP contribution is -2.04. The summed E-state index contributed by atoms with van der Waals surface area (Å²) >= 11 is 0. The van der Waals surface area contributed by atoms with E-state index >= 15 is 0 Å². The minimum atomic E-state index is -0.387. The second-order valence-corrected chi connectivity index (χ2v) is 3.91. The molecule has 1 aromatic rings. The predicted octanol–water partition coefficient (Wildman–Crippen LogP) is 0.269. The lowest BCUT2D eigenvalue weighted by atomic mass is 10.2. The first-order chi connectivity index (χ1) is 7.17. The van der Waals surface area contributed by atoms with Crippen LogP contribution in [0, 0.1) is 5.92 Å². The molecule has 2 unspecified atom stereocenters. The molecule has 2 rings (SSSR count). The van der Waals surface area contributed by atoms with E-state index in [4.69, 9.17) is 5.73 Å². The Morgan fingerprint density at radius 1 is 1.80 bits per heavy atom. The summed E-state index contributed by atoms with van der Waals surface area (Å²) in [7, 11) is 3.20. The summed E-state index contributed by atoms with van der Waals surface area (Å²) < 4.78 is 6.36. The zero-order valence-electron chi connectivity index (χ0n) is 8.93. The van der Waals surface area contributed by atoms with Gasteiger partial charge < -0.3 is 10.5 Å². The van der Waals surface area contributed by atoms with Crippen molar-refractivity contribution in [3.63, 3.8) is 0 Å². The number of aromatic nitrogens is 2. The highest BCUT2D eigenvalue weighted by atomic mass is 16.5. The molecule has 0 saturated heterocycles. The molecule has 0 radical (unpaired) electrons. The molecule has 0 bridgehead atoms. The number of hydrogen-bond acceptors (Lipinski definition) is 4. The normalized spacial score (nSPS) is 23.9. The van der Waals surface area contributed by atoms with Crippen molar-refractivity contribution in [3.8, 4) is 0 Å². The van der Waals surface area contributed by atoms with Gasteiger partial charge in [0.05, 0.1) is 7.11 Å². The van der Waals surface area contributed by atoms with Gasteiger partial charge in [-0.1, -0.05) is 0 Å². The molecule has 0 spiro atoms. The summed E-state index contributed by atoms with van der Waals surface area (Å²) in [4.78, 5) is 11.3. The molecule has 2 atom stereocenters. The number of carbonyl (C=O) groups is 1. The molecular formula is C10H15N3O2. The van der Waals surface area contributed by atoms with Gasteiger partial charge in [0.25, 0.3) is 0 Å². The highest BCUT2D eigenvalue weighted by molar-refractivity contribution is 5.87. The highest BCUT2D eigenvalue weighted by Gasteiger charge is 2.39. The van der Waals surface area contributed by atoms with Crippen LogP contribution in [0.1, 0.15) is 28.5 Å². The van der Waals surface area contributed by atoms with Crippen LogP contribution in [0.5, 0.6) is 0 Å². The molecule has 1 aromatic heterocycles. The van der Waals surface area contributed by atoms with Crippen molar-refractivity contribution >= 4 is 5.97 Å². The van der Waals surface area contributed by atoms with Crippen molar-refractivity contribution in [1.29, 1.82) is 0 Å². The van der Waals surface area contributed by atoms with Gasteiger partial charge in [0.2, 0.25) is 0 Å². The summed E-state index contributed by atoms with van der Waals surface area (Å²) in [5.74, 6) is 0.624. The molecule has 82 valence electrons. The molecule has 0 amide bonds. The topological polar surface area (TPSA) is 70.1 Å². The molecule has 1 aliphatic rings. The van der Waals surface area contributed by atoms with Gasteiger partial charge in [-0.05, 0) is 24.9 Å². The minimum absolute atomic E-state index is 0.373. The molecule has 1 aliphatic carbocycles. The van der Waals surface area contributed by atoms with Gasteiger partial charge in [0.1, 0.15) is 0 Å². The first-order valence-electron chi connectivity index (χ1n) is 4.99. The highest BCUT2D eigenvalue weighted by Crippen LogP contribution is 2.46. The molecular weight excluding hydrogens is 194 g/mol. The lowest BCUT2D eigenvalue weighted by Gasteiger charge is -1.97. The Bertz CT molecular complexity index is 386. The Kier molecular flexibility index (Phi) is 2.48. The van der Waals surface area contributed by atoms with Crippen molar-refractivity contribution in [1.82, 2.24) is 9.78 Å². The number of nitrogens with two attached hydrogens (primary N) is 1. The van der Waals surface area contributed by atoms with Crippen LogP contribution in [-0.4, -0.2) is 29.4 Å². The fourth-order valence-corrected chi connectivity index (χ4v) is 1.90. The van der Waals surface area contributed by atoms with Crippen molar-refractivity contribution in [2.45, 2.75) is 12.3 Å². The van der Waals surface area contributed by atoms with Crippen molar-refractivity contribution in [3.05, 3.63) is 17.5 Å². The van der Waals surface area contributed by atoms with E-state index < -0.39 is 0 Å². The number of methoxy groups -OCH3 is 1. The number of carbonyl (C=O) groups excluding carboxylic acids is 1. The fraction of sp³-hybridized carbons (Fsp3) is 0.600. The van der Waals surface area contributed by atoms with Crippen LogP contribution in [0.4, 0.5) is 0 Å². The molecule has 5 nitrogen and oxygen atoms in total. The number of rotatable bonds is 3. The van der Waals surface area contributed by atoms with Gasteiger partial charge in [-0.2, -0.15) is 5.10 Å². The Labute approximate surface area is 88.2 Å². The summed E-state index contributed by atoms with van der Waals surface area (Å²) in [6.07, 6.45) is 1.09. The Morgan fingerprint density at radius 2 is 2.53 bits per heavy atom. The van der Waals surface area contributed by atoms with Crippen LogP contribution in [-0.2, 0) is 11.8 Å². The second kappa shape index (κ2) is 3.66. The summed E-state index contributed by atoms with van der Waals surface area (Å²) in [6.45, 7) is 0.698. The van der Waals surface area contributed by atoms with Crippen LogP contribution in [0.25, 0.3) is 0 Å². The van der Waals surface area contributed by atoms with Crippen molar-refractivity contribution in [2.75, 3.05) is 13.7 Å². The molecule has 1 fully saturated rings. The van der Waals surface area contributed by atoms with Crippen LogP contribution >= 0.6 is 0 Å². The minimum Gasteiger partial charge on any atom is -0.464 e. The summed E-state index contributed by atoms with van der Waals surface area (Å²) in [6, 6.07) is 1.80. The maximum Gasteiger partial charge on any atom is 0.358 e. The number of esters is 1. The number of hydrogen-bond donors (Lipinski definition) is 1. The fourth-order valence-electron chi connectivity index (χ4n) is 1.90. The number of aryl methyl sites for hydroxylation is 1. The Hall–Kier alpha value is -1.36. The third-order valence-corrected chi connectivity index (χ3v) is 2.92. The number of ether oxygens (including phenoxy) is 1. The quantitative estimate of drug-likeness (QED) is 0.725. The first kappa shape index (κ1) is 10.2. The first-order valence-corrected chi connectivity index (χ1v) is 4.99. The SMILES string of the molecule is COC(=O)c1cc(C2CC2CN)n(C)n1. The van der Waals surface area contributed by atoms with E-state index in [1.807, 2.05) is 7.05 Å². The standard InChI is InChI=1S/C10H15N3O2/c1-13-9(7-3-6(7)5-11)4-8(12-13)10(14)15-2/h4,6-7H,3,5,11H2,1-2H3. The van der Waals surface area contributed by atoms with Crippen molar-refractivity contribution < 1.29 is 9.53 Å². The Balaban J connectivity index is 2.19. The molecule has 15 heavy (non-hydrogen) atoms. The molecule has 0 aromatic carbocycles. The summed E-state index contributed by atoms with van der Waals surface area (Å²) in [5.41, 5.74) is 7.03. The van der Waals surface area contributed by atoms with E-state index in [-0.39, 0.29) is 5.97 Å². The van der Waals surface area contributed by atoms with Crippen molar-refractivity contribution in [2.24, 2.45) is 18.7 Å². The zero-order chi connectivity index (χ0) is 11.0. The number of nitrogens with zero attached hydrogens (tertiary/aromatic N) is 2. The van der Waals surface area contributed by atoms with E-state index in [1.54, 1.807) is 10.7 Å². The van der Waals surface area contributed by atoms with E-state index in [0.29, 0.717) is 24.1 Å². The van der Waals surface area contributed by atoms with Gasteiger partial charge >= 0.3 is 5.97 Å². The largest absolute Gasteiger partial charge is 0.464 e. The van der Waals surface area contributed by atoms with E-state index in [2.05, 4.69) is 9.84 Å². The Morgan fingerprint density at radius 3 is 3.07 bits per heavy atom. The predicted molar refractivity (Wildman–Crippen MR) is 54.4 cm³/mol. The van der Waals surface area contributed by atoms with E-state index in [0.717, 1.165) is 12.1 Å². The summed E-state index contributed by atoms with van der Waals surface area (Å²) in [5, 5.41) is 4.11. The molecule has 2 N–H and O–H groups in total. The molecule has 5 heteroatoms. The van der Waals surface area contributed by atoms with Gasteiger partial charge in [0, 0.05) is 18.7 Å². The van der Waals surface area contributed by atoms with Gasteiger partial charge in [-0.25, -0.2) is 4.79 Å². The molecule has 0 aliphatic heterocycles. The average molecular weight is 209 g/mol. The third kappa shape index (κ3) is 1.74. The lowest BCUT2D eigenvalue weighted by molar-refractivity contribution is 0.0593. The maximum absolute atomic E-state index is 11.3. The van der Waals surface area contributed by atoms with E-state index in [1.165, 1.54) is 7.11 Å². The average Bonchev–Trinajstić information content (AvgIpc) is 2.93. The zero-order valence-corrected chi connectivity index (χ0v) is 8.93. The van der Waals surface area contributed by atoms with Crippen LogP contribution in [0.3, 0.4) is 0 Å². The molecule has 1 saturated carbocycles. The van der Waals surface area contributed by atoms with Crippen LogP contribution in [0.2, 0.25) is 0 Å². The van der Waals surface area contributed by atoms with Crippen LogP contribution < -0.4 is 5.73 Å². The van der Waals surface area contributed by atoms with Gasteiger partial charge in [0.15, 0.2) is 5.69 Å².